The first-order valence-electron chi connectivity index (χ1n) is 24.2. The number of esters is 1. The summed E-state index contributed by atoms with van der Waals surface area (Å²) in [5.41, 5.74) is 0.577. The number of aliphatic carboxylic acids is 1. The van der Waals surface area contributed by atoms with E-state index in [2.05, 4.69) is 39.5 Å². The third-order valence-corrected chi connectivity index (χ3v) is 14.0. The molecule has 0 atom stereocenters. The second-order valence-electron chi connectivity index (χ2n) is 21.8. The smallest absolute Gasteiger partial charge is 0.410 e. The van der Waals surface area contributed by atoms with Crippen LogP contribution in [0, 0.1) is 34.5 Å². The summed E-state index contributed by atoms with van der Waals surface area (Å²) in [5.74, 6) is 10.9. The molecule has 14 heteroatoms. The van der Waals surface area contributed by atoms with Gasteiger partial charge in [0.2, 0.25) is 0 Å². The molecule has 0 unspecified atom stereocenters. The van der Waals surface area contributed by atoms with Crippen LogP contribution < -0.4 is 0 Å². The molecule has 2 spiro atoms. The van der Waals surface area contributed by atoms with Gasteiger partial charge in [-0.25, -0.2) is 9.59 Å². The van der Waals surface area contributed by atoms with E-state index in [9.17, 15) is 24.3 Å². The van der Waals surface area contributed by atoms with Crippen molar-refractivity contribution in [1.82, 2.24) is 19.6 Å². The van der Waals surface area contributed by atoms with Crippen molar-refractivity contribution in [3.63, 3.8) is 0 Å². The van der Waals surface area contributed by atoms with Crippen LogP contribution in [0.3, 0.4) is 0 Å². The zero-order valence-electron chi connectivity index (χ0n) is 42.3. The quantitative estimate of drug-likeness (QED) is 0.163. The average molecular weight is 978 g/mol. The fraction of sp³-hybridized carbons (Fsp3) is 0.630. The first kappa shape index (κ1) is 54.5. The summed E-state index contributed by atoms with van der Waals surface area (Å²) in [5, 5.41) is 10.5. The molecular formula is C54H74Cl2N4O8. The van der Waals surface area contributed by atoms with Gasteiger partial charge in [-0.3, -0.25) is 19.4 Å². The molecule has 2 amide bonds. The number of piperidine rings is 2. The Morgan fingerprint density at radius 3 is 1.34 bits per heavy atom. The molecule has 0 radical (unpaired) electrons. The van der Waals surface area contributed by atoms with Crippen molar-refractivity contribution in [2.24, 2.45) is 10.8 Å². The van der Waals surface area contributed by atoms with Gasteiger partial charge >= 0.3 is 24.1 Å². The van der Waals surface area contributed by atoms with Gasteiger partial charge in [0.1, 0.15) is 22.0 Å². The number of rotatable bonds is 7. The first-order chi connectivity index (χ1) is 31.7. The number of carbonyl (C=O) groups excluding carboxylic acids is 3. The summed E-state index contributed by atoms with van der Waals surface area (Å²) in [4.78, 5) is 57.5. The van der Waals surface area contributed by atoms with E-state index >= 15 is 0 Å². The number of likely N-dealkylation sites (tertiary alicyclic amines) is 4. The van der Waals surface area contributed by atoms with Crippen LogP contribution >= 0.6 is 23.2 Å². The summed E-state index contributed by atoms with van der Waals surface area (Å²) in [7, 11) is 0. The highest BCUT2D eigenvalue weighted by Crippen LogP contribution is 2.42. The highest BCUT2D eigenvalue weighted by atomic mass is 35.5. The Bertz CT molecular complexity index is 2280. The van der Waals surface area contributed by atoms with Crippen molar-refractivity contribution >= 4 is 47.3 Å². The molecule has 0 aromatic heterocycles. The largest absolute Gasteiger partial charge is 0.480 e. The number of carboxylic acid groups (broad SMARTS) is 1. The monoisotopic (exact) mass is 976 g/mol. The number of halogens is 2. The number of benzene rings is 2. The Balaban J connectivity index is 0.000000255. The molecule has 4 saturated heterocycles. The lowest BCUT2D eigenvalue weighted by atomic mass is 9.84. The van der Waals surface area contributed by atoms with Gasteiger partial charge in [-0.2, -0.15) is 0 Å². The lowest BCUT2D eigenvalue weighted by Crippen LogP contribution is -2.53. The molecule has 12 nitrogen and oxygen atoms in total. The molecule has 0 aliphatic carbocycles. The number of carbonyl (C=O) groups is 4. The predicted molar refractivity (Wildman–Crippen MR) is 267 cm³/mol. The second-order valence-corrected chi connectivity index (χ2v) is 22.6. The summed E-state index contributed by atoms with van der Waals surface area (Å²) in [6.07, 6.45) is 7.64. The van der Waals surface area contributed by atoms with Crippen LogP contribution in [0.2, 0.25) is 10.0 Å². The number of hydrogen-bond acceptors (Lipinski definition) is 9. The lowest BCUT2D eigenvalue weighted by Gasteiger charge is -2.45. The van der Waals surface area contributed by atoms with Crippen LogP contribution in [0.1, 0.15) is 150 Å². The van der Waals surface area contributed by atoms with E-state index in [0.717, 1.165) is 87.7 Å². The van der Waals surface area contributed by atoms with Gasteiger partial charge in [0.15, 0.2) is 0 Å². The highest BCUT2D eigenvalue weighted by Gasteiger charge is 2.46. The minimum Gasteiger partial charge on any atom is -0.480 e. The standard InChI is InChI=1S/C28H39ClN2O4.C26H35ClN2O4/c1-7-34-24(32)27(5,6)14-12-22-21(10-8-11-23(22)29)20-31-17-9-13-28(31)15-18-30(19-16-28)25(33)35-26(2,3)4;1-24(2,3)33-23(32)28-16-13-26(14-17-28)11-7-15-29(26)18-19-8-6-9-21(27)20(19)10-12-25(4,5)22(30)31/h8,10-11H,7,9,13,15-20H2,1-6H3;6,8-9H,7,11,13-18H2,1-5H3,(H,30,31). The van der Waals surface area contributed by atoms with Crippen molar-refractivity contribution in [3.8, 4) is 23.7 Å². The number of hydrogen-bond donors (Lipinski definition) is 1. The van der Waals surface area contributed by atoms with Crippen molar-refractivity contribution < 1.29 is 38.5 Å². The normalized spacial score (nSPS) is 18.4. The first-order valence-corrected chi connectivity index (χ1v) is 24.9. The molecule has 372 valence electrons. The van der Waals surface area contributed by atoms with Gasteiger partial charge < -0.3 is 29.1 Å². The van der Waals surface area contributed by atoms with Crippen LogP contribution in [0.4, 0.5) is 9.59 Å². The van der Waals surface area contributed by atoms with Gasteiger partial charge in [0.25, 0.3) is 0 Å². The van der Waals surface area contributed by atoms with E-state index in [1.807, 2.05) is 75.6 Å². The molecule has 6 rings (SSSR count). The Labute approximate surface area is 415 Å². The maximum Gasteiger partial charge on any atom is 0.410 e. The molecule has 68 heavy (non-hydrogen) atoms. The van der Waals surface area contributed by atoms with Gasteiger partial charge in [-0.1, -0.05) is 71.1 Å². The molecule has 0 saturated carbocycles. The van der Waals surface area contributed by atoms with Gasteiger partial charge in [-0.05, 0) is 164 Å². The van der Waals surface area contributed by atoms with Crippen LogP contribution in [-0.2, 0) is 36.9 Å². The molecule has 2 aromatic carbocycles. The van der Waals surface area contributed by atoms with Crippen LogP contribution in [0.25, 0.3) is 0 Å². The summed E-state index contributed by atoms with van der Waals surface area (Å²) in [6.45, 7) is 26.3. The molecule has 4 heterocycles. The SMILES string of the molecule is CC(C)(C)OC(=O)N1CCC2(CCCN2Cc2cccc(Cl)c2C#CC(C)(C)C(=O)O)CC1.CCOC(=O)C(C)(C)C#Cc1c(Cl)cccc1CN1CCCC12CCN(C(=O)OC(C)(C)C)CC2. The van der Waals surface area contributed by atoms with Crippen molar-refractivity contribution in [2.75, 3.05) is 45.9 Å². The second kappa shape index (κ2) is 22.1. The molecule has 0 bridgehead atoms. The summed E-state index contributed by atoms with van der Waals surface area (Å²) >= 11 is 13.1. The van der Waals surface area contributed by atoms with Crippen LogP contribution in [-0.4, -0.2) is 117 Å². The fourth-order valence-electron chi connectivity index (χ4n) is 9.42. The van der Waals surface area contributed by atoms with E-state index in [4.69, 9.17) is 37.4 Å². The molecule has 1 N–H and O–H groups in total. The number of carboxylic acids is 1. The third kappa shape index (κ3) is 14.1. The van der Waals surface area contributed by atoms with E-state index in [1.54, 1.807) is 40.7 Å². The maximum atomic E-state index is 12.5. The van der Waals surface area contributed by atoms with Crippen molar-refractivity contribution in [1.29, 1.82) is 0 Å². The maximum absolute atomic E-state index is 12.5. The molecule has 4 aliphatic rings. The molecule has 4 fully saturated rings. The van der Waals surface area contributed by atoms with E-state index in [0.29, 0.717) is 54.9 Å². The molecule has 2 aromatic rings. The fourth-order valence-corrected chi connectivity index (χ4v) is 9.91. The van der Waals surface area contributed by atoms with E-state index in [-0.39, 0.29) is 29.2 Å². The zero-order chi connectivity index (χ0) is 50.3. The van der Waals surface area contributed by atoms with E-state index in [1.165, 1.54) is 0 Å². The summed E-state index contributed by atoms with van der Waals surface area (Å²) in [6, 6.07) is 11.6. The Kier molecular flexibility index (Phi) is 17.7. The minimum absolute atomic E-state index is 0.0475. The van der Waals surface area contributed by atoms with Gasteiger partial charge in [0.05, 0.1) is 16.7 Å². The van der Waals surface area contributed by atoms with Gasteiger partial charge in [0, 0.05) is 61.5 Å². The number of ether oxygens (including phenoxy) is 3. The number of amides is 2. The van der Waals surface area contributed by atoms with Crippen molar-refractivity contribution in [3.05, 3.63) is 68.7 Å². The minimum atomic E-state index is -1.15. The van der Waals surface area contributed by atoms with E-state index < -0.39 is 28.0 Å². The molecular weight excluding hydrogens is 904 g/mol. The molecule has 4 aliphatic heterocycles. The Hall–Kier alpha value is -4.46. The van der Waals surface area contributed by atoms with Gasteiger partial charge in [-0.15, -0.1) is 0 Å². The third-order valence-electron chi connectivity index (χ3n) is 13.4. The lowest BCUT2D eigenvalue weighted by molar-refractivity contribution is -0.150. The van der Waals surface area contributed by atoms with Crippen molar-refractivity contribution in [2.45, 2.75) is 163 Å². The predicted octanol–water partition coefficient (Wildman–Crippen LogP) is 10.8. The summed E-state index contributed by atoms with van der Waals surface area (Å²) < 4.78 is 16.3. The number of nitrogens with zero attached hydrogens (tertiary/aromatic N) is 4. The van der Waals surface area contributed by atoms with Crippen LogP contribution in [0.5, 0.6) is 0 Å². The van der Waals surface area contributed by atoms with Crippen LogP contribution in [0.15, 0.2) is 36.4 Å². The Morgan fingerprint density at radius 2 is 0.985 bits per heavy atom. The zero-order valence-corrected chi connectivity index (χ0v) is 43.8. The highest BCUT2D eigenvalue weighted by molar-refractivity contribution is 6.32. The average Bonchev–Trinajstić information content (AvgIpc) is 3.81. The topological polar surface area (TPSA) is 129 Å². The Morgan fingerprint density at radius 1 is 0.603 bits per heavy atom.